The number of rotatable bonds is 7. The number of carbonyl (C=O) groups excluding carboxylic acids is 2. The van der Waals surface area contributed by atoms with Crippen molar-refractivity contribution in [1.29, 1.82) is 0 Å². The van der Waals surface area contributed by atoms with Crippen LogP contribution in [0.4, 0.5) is 0 Å². The normalized spacial score (nSPS) is 13.2. The Bertz CT molecular complexity index is 789. The first-order valence-corrected chi connectivity index (χ1v) is 8.61. The number of aryl methyl sites for hydroxylation is 1. The lowest BCUT2D eigenvalue weighted by Crippen LogP contribution is -2.25. The van der Waals surface area contributed by atoms with E-state index in [0.717, 1.165) is 0 Å². The Morgan fingerprint density at radius 3 is 2.27 bits per heavy atom. The van der Waals surface area contributed by atoms with Gasteiger partial charge in [-0.2, -0.15) is 0 Å². The lowest BCUT2D eigenvalue weighted by molar-refractivity contribution is 0.0313. The topological polar surface area (TPSA) is 88.6 Å². The summed E-state index contributed by atoms with van der Waals surface area (Å²) in [6, 6.07) is 6.71. The molecule has 26 heavy (non-hydrogen) atoms. The number of ether oxygens (including phenoxy) is 2. The predicted octanol–water partition coefficient (Wildman–Crippen LogP) is 3.51. The summed E-state index contributed by atoms with van der Waals surface area (Å²) in [6.45, 7) is 9.12. The third-order valence-electron chi connectivity index (χ3n) is 4.22. The Balaban J connectivity index is 2.11. The zero-order valence-corrected chi connectivity index (χ0v) is 15.8. The number of Topliss-reactive ketones (excluding diaryl/α,β-unsaturated/α-hetero) is 1. The maximum Gasteiger partial charge on any atom is 0.355 e. The number of esters is 1. The fraction of sp³-hybridized carbons (Fsp3) is 0.400. The summed E-state index contributed by atoms with van der Waals surface area (Å²) >= 11 is 0. The molecule has 2 rings (SSSR count). The van der Waals surface area contributed by atoms with Gasteiger partial charge in [-0.05, 0) is 64.4 Å². The molecular formula is C20H25NO5. The molecule has 0 unspecified atom stereocenters. The summed E-state index contributed by atoms with van der Waals surface area (Å²) in [5.41, 5.74) is 2.70. The predicted molar refractivity (Wildman–Crippen MR) is 97.7 cm³/mol. The molecule has 1 aromatic heterocycles. The molecule has 0 aliphatic rings. The standard InChI is InChI=1S/C20H25NO5/c1-6-25-16-9-7-15(8-10-16)19(23)14(5)26-20(24)18-11(2)17(13(4)22)12(3)21-18/h7-10,13-14,21-22H,6H2,1-5H3/t13-,14-/m1/s1. The number of hydrogen-bond donors (Lipinski definition) is 2. The lowest BCUT2D eigenvalue weighted by atomic mass is 10.1. The second-order valence-corrected chi connectivity index (χ2v) is 6.21. The maximum absolute atomic E-state index is 12.5. The molecule has 0 fully saturated rings. The van der Waals surface area contributed by atoms with Crippen molar-refractivity contribution in [3.8, 4) is 5.75 Å². The van der Waals surface area contributed by atoms with Crippen molar-refractivity contribution in [2.45, 2.75) is 46.8 Å². The largest absolute Gasteiger partial charge is 0.494 e. The van der Waals surface area contributed by atoms with Crippen LogP contribution in [0, 0.1) is 13.8 Å². The molecule has 2 atom stereocenters. The highest BCUT2D eigenvalue weighted by Crippen LogP contribution is 2.25. The minimum Gasteiger partial charge on any atom is -0.494 e. The molecule has 2 N–H and O–H groups in total. The maximum atomic E-state index is 12.5. The van der Waals surface area contributed by atoms with E-state index in [2.05, 4.69) is 4.98 Å². The fourth-order valence-electron chi connectivity index (χ4n) is 2.99. The van der Waals surface area contributed by atoms with E-state index in [0.29, 0.717) is 34.7 Å². The van der Waals surface area contributed by atoms with Gasteiger partial charge in [0.15, 0.2) is 6.10 Å². The van der Waals surface area contributed by atoms with E-state index in [4.69, 9.17) is 9.47 Å². The molecule has 0 aliphatic carbocycles. The van der Waals surface area contributed by atoms with Crippen molar-refractivity contribution in [1.82, 2.24) is 4.98 Å². The number of carbonyl (C=O) groups is 2. The van der Waals surface area contributed by atoms with Gasteiger partial charge < -0.3 is 19.6 Å². The van der Waals surface area contributed by atoms with Crippen LogP contribution in [-0.4, -0.2) is 34.6 Å². The van der Waals surface area contributed by atoms with Gasteiger partial charge in [0.1, 0.15) is 11.4 Å². The van der Waals surface area contributed by atoms with Gasteiger partial charge >= 0.3 is 5.97 Å². The van der Waals surface area contributed by atoms with Crippen LogP contribution in [0.15, 0.2) is 24.3 Å². The summed E-state index contributed by atoms with van der Waals surface area (Å²) in [4.78, 5) is 27.8. The summed E-state index contributed by atoms with van der Waals surface area (Å²) in [5.74, 6) is -0.237. The van der Waals surface area contributed by atoms with Gasteiger partial charge in [-0.25, -0.2) is 4.79 Å². The first-order chi connectivity index (χ1) is 12.3. The van der Waals surface area contributed by atoms with Gasteiger partial charge in [0.2, 0.25) is 5.78 Å². The molecule has 0 spiro atoms. The molecule has 1 heterocycles. The Morgan fingerprint density at radius 1 is 1.15 bits per heavy atom. The van der Waals surface area contributed by atoms with Crippen LogP contribution in [0.5, 0.6) is 5.75 Å². The van der Waals surface area contributed by atoms with E-state index in [1.807, 2.05) is 6.92 Å². The zero-order chi connectivity index (χ0) is 19.4. The van der Waals surface area contributed by atoms with Crippen molar-refractivity contribution < 1.29 is 24.2 Å². The number of nitrogens with one attached hydrogen (secondary N) is 1. The molecule has 2 aromatic rings. The minimum absolute atomic E-state index is 0.254. The Morgan fingerprint density at radius 2 is 1.77 bits per heavy atom. The number of hydrogen-bond acceptors (Lipinski definition) is 5. The SMILES string of the molecule is CCOc1ccc(C(=O)[C@@H](C)OC(=O)c2[nH]c(C)c([C@@H](C)O)c2C)cc1. The minimum atomic E-state index is -0.932. The van der Waals surface area contributed by atoms with Crippen molar-refractivity contribution in [3.63, 3.8) is 0 Å². The van der Waals surface area contributed by atoms with Crippen LogP contribution in [0.3, 0.4) is 0 Å². The first kappa shape index (κ1) is 19.7. The molecule has 0 saturated carbocycles. The number of ketones is 1. The number of aromatic nitrogens is 1. The molecule has 0 saturated heterocycles. The van der Waals surface area contributed by atoms with E-state index < -0.39 is 18.2 Å². The van der Waals surface area contributed by atoms with E-state index >= 15 is 0 Å². The fourth-order valence-corrected chi connectivity index (χ4v) is 2.99. The van der Waals surface area contributed by atoms with Crippen molar-refractivity contribution in [2.24, 2.45) is 0 Å². The van der Waals surface area contributed by atoms with E-state index in [1.165, 1.54) is 6.92 Å². The first-order valence-electron chi connectivity index (χ1n) is 8.61. The van der Waals surface area contributed by atoms with Crippen LogP contribution >= 0.6 is 0 Å². The summed E-state index contributed by atoms with van der Waals surface area (Å²) in [7, 11) is 0. The van der Waals surface area contributed by atoms with E-state index in [1.54, 1.807) is 45.0 Å². The highest BCUT2D eigenvalue weighted by Gasteiger charge is 2.25. The molecule has 0 radical (unpaired) electrons. The van der Waals surface area contributed by atoms with Gasteiger partial charge in [-0.15, -0.1) is 0 Å². The zero-order valence-electron chi connectivity index (χ0n) is 15.8. The number of aromatic amines is 1. The molecule has 6 nitrogen and oxygen atoms in total. The summed E-state index contributed by atoms with van der Waals surface area (Å²) < 4.78 is 10.7. The molecule has 0 amide bonds. The molecule has 6 heteroatoms. The van der Waals surface area contributed by atoms with Gasteiger partial charge in [0.25, 0.3) is 0 Å². The molecule has 0 bridgehead atoms. The summed E-state index contributed by atoms with van der Waals surface area (Å²) in [5, 5.41) is 9.82. The smallest absolute Gasteiger partial charge is 0.355 e. The number of benzene rings is 1. The second kappa shape index (κ2) is 8.19. The van der Waals surface area contributed by atoms with E-state index in [9.17, 15) is 14.7 Å². The van der Waals surface area contributed by atoms with Gasteiger partial charge in [-0.1, -0.05) is 0 Å². The van der Waals surface area contributed by atoms with E-state index in [-0.39, 0.29) is 11.5 Å². The van der Waals surface area contributed by atoms with Crippen LogP contribution in [0.1, 0.15) is 64.5 Å². The number of aliphatic hydroxyl groups excluding tert-OH is 1. The Kier molecular flexibility index (Phi) is 6.21. The monoisotopic (exact) mass is 359 g/mol. The number of aliphatic hydroxyl groups is 1. The molecular weight excluding hydrogens is 334 g/mol. The van der Waals surface area contributed by atoms with Gasteiger partial charge in [0.05, 0.1) is 12.7 Å². The average Bonchev–Trinajstić information content (AvgIpc) is 2.89. The lowest BCUT2D eigenvalue weighted by Gasteiger charge is -2.13. The van der Waals surface area contributed by atoms with Gasteiger partial charge in [0, 0.05) is 16.8 Å². The van der Waals surface area contributed by atoms with Crippen LogP contribution in [0.25, 0.3) is 0 Å². The highest BCUT2D eigenvalue weighted by atomic mass is 16.5. The average molecular weight is 359 g/mol. The quantitative estimate of drug-likeness (QED) is 0.583. The Hall–Kier alpha value is -2.60. The Labute approximate surface area is 153 Å². The second-order valence-electron chi connectivity index (χ2n) is 6.21. The van der Waals surface area contributed by atoms with Crippen LogP contribution < -0.4 is 4.74 Å². The number of H-pyrrole nitrogens is 1. The van der Waals surface area contributed by atoms with Crippen molar-refractivity contribution in [3.05, 3.63) is 52.3 Å². The highest BCUT2D eigenvalue weighted by molar-refractivity contribution is 6.01. The molecule has 0 aliphatic heterocycles. The van der Waals surface area contributed by atoms with Crippen LogP contribution in [0.2, 0.25) is 0 Å². The van der Waals surface area contributed by atoms with Gasteiger partial charge in [-0.3, -0.25) is 4.79 Å². The third-order valence-corrected chi connectivity index (χ3v) is 4.22. The third kappa shape index (κ3) is 4.14. The summed E-state index contributed by atoms with van der Waals surface area (Å²) in [6.07, 6.45) is -1.63. The molecule has 1 aromatic carbocycles. The van der Waals surface area contributed by atoms with Crippen molar-refractivity contribution >= 4 is 11.8 Å². The van der Waals surface area contributed by atoms with Crippen LogP contribution in [-0.2, 0) is 4.74 Å². The molecule has 140 valence electrons. The van der Waals surface area contributed by atoms with Crippen molar-refractivity contribution in [2.75, 3.05) is 6.61 Å².